The van der Waals surface area contributed by atoms with Crippen LogP contribution in [0.2, 0.25) is 0 Å². The van der Waals surface area contributed by atoms with Crippen molar-refractivity contribution in [1.29, 1.82) is 0 Å². The molecule has 0 aromatic heterocycles. The van der Waals surface area contributed by atoms with Gasteiger partial charge >= 0.3 is 0 Å². The third kappa shape index (κ3) is 29.0. The van der Waals surface area contributed by atoms with Crippen molar-refractivity contribution < 1.29 is 0 Å². The van der Waals surface area contributed by atoms with E-state index >= 15 is 0 Å². The van der Waals surface area contributed by atoms with E-state index in [4.69, 9.17) is 48.9 Å². The second-order valence-corrected chi connectivity index (χ2v) is 35.7. The van der Waals surface area contributed by atoms with E-state index in [0.717, 1.165) is 117 Å². The highest BCUT2D eigenvalue weighted by molar-refractivity contribution is 8.84. The minimum Gasteiger partial charge on any atom is -0.348 e. The molecule has 0 radical (unpaired) electrons. The Kier molecular flexibility index (Phi) is 35.5. The second kappa shape index (κ2) is 44.1. The molecule has 0 saturated heterocycles. The molecule has 4 nitrogen and oxygen atoms in total. The first-order chi connectivity index (χ1) is 45.7. The zero-order valence-corrected chi connectivity index (χ0v) is 63.2. The topological polar surface area (TPSA) is 13.0 Å². The van der Waals surface area contributed by atoms with Crippen LogP contribution in [-0.2, 0) is 45.8 Å². The van der Waals surface area contributed by atoms with Crippen molar-refractivity contribution in [2.24, 2.45) is 11.3 Å². The highest BCUT2D eigenvalue weighted by Crippen LogP contribution is 2.45. The minimum atomic E-state index is 0.228. The summed E-state index contributed by atoms with van der Waals surface area (Å²) in [6, 6.07) is 85.8. The standard InChI is InChI=1S/C77H88N4S12/c1-64(48-55-89-92-75(84)80(61-69-40-18-6-19-41-69)62-70-42-20-7-21-43-70)56-77(51-28-31-54-88-93-76(85)81(72-46-24-9-25-47-72)63-71-44-22-8-23-45-71,49-26-29-52-86-90-73(82)78(57-65-32-10-2-11-33-65)58-66-34-12-3-13-35-66)50-27-30-53-87-91-74(83)79(59-67-36-14-4-15-37-67)60-68-38-16-5-17-39-68/h2-25,32-47,64H,26-31,48-63H2,1H3. The molecule has 0 N–H and O–H groups in total. The Morgan fingerprint density at radius 1 is 0.312 bits per heavy atom. The van der Waals surface area contributed by atoms with Crippen LogP contribution in [0.1, 0.15) is 116 Å². The average molecular weight is 1450 g/mol. The van der Waals surface area contributed by atoms with Crippen LogP contribution in [0.15, 0.2) is 243 Å². The highest BCUT2D eigenvalue weighted by Gasteiger charge is 2.31. The van der Waals surface area contributed by atoms with Crippen LogP contribution in [0.4, 0.5) is 5.69 Å². The number of anilines is 1. The summed E-state index contributed by atoms with van der Waals surface area (Å²) in [5.74, 6) is 4.82. The second-order valence-electron chi connectivity index (χ2n) is 23.5. The molecular weight excluding hydrogens is 1370 g/mol. The number of unbranched alkanes of at least 4 members (excludes halogenated alkanes) is 3. The van der Waals surface area contributed by atoms with Gasteiger partial charge in [-0.15, -0.1) is 0 Å². The fourth-order valence-corrected chi connectivity index (χ4v) is 21.6. The third-order valence-electron chi connectivity index (χ3n) is 16.1. The van der Waals surface area contributed by atoms with Gasteiger partial charge in [-0.25, -0.2) is 0 Å². The van der Waals surface area contributed by atoms with E-state index in [1.165, 1.54) is 83.9 Å². The lowest BCUT2D eigenvalue weighted by Crippen LogP contribution is -2.26. The van der Waals surface area contributed by atoms with Gasteiger partial charge in [0.15, 0.2) is 4.32 Å². The van der Waals surface area contributed by atoms with Gasteiger partial charge in [0.05, 0.1) is 0 Å². The van der Waals surface area contributed by atoms with Crippen LogP contribution in [-0.4, -0.2) is 55.0 Å². The first kappa shape index (κ1) is 74.9. The lowest BCUT2D eigenvalue weighted by Gasteiger charge is -2.37. The largest absolute Gasteiger partial charge is 0.348 e. The van der Waals surface area contributed by atoms with Gasteiger partial charge in [0.1, 0.15) is 13.0 Å². The molecule has 0 aliphatic carbocycles. The van der Waals surface area contributed by atoms with E-state index in [-0.39, 0.29) is 5.41 Å². The minimum absolute atomic E-state index is 0.228. The molecule has 0 bridgehead atoms. The summed E-state index contributed by atoms with van der Waals surface area (Å²) in [4.78, 5) is 9.39. The van der Waals surface area contributed by atoms with Crippen molar-refractivity contribution in [3.8, 4) is 0 Å². The molecule has 0 aliphatic heterocycles. The molecule has 1 unspecified atom stereocenters. The maximum Gasteiger partial charge on any atom is 0.151 e. The number of hydrogen-bond acceptors (Lipinski definition) is 12. The van der Waals surface area contributed by atoms with Gasteiger partial charge in [-0.1, -0.05) is 349 Å². The van der Waals surface area contributed by atoms with Crippen molar-refractivity contribution >= 4 is 158 Å². The summed E-state index contributed by atoms with van der Waals surface area (Å²) in [7, 11) is 14.8. The molecule has 16 heteroatoms. The molecule has 1 atom stereocenters. The molecule has 0 heterocycles. The van der Waals surface area contributed by atoms with Gasteiger partial charge in [0, 0.05) is 74.5 Å². The number of rotatable bonds is 39. The molecule has 8 aromatic carbocycles. The maximum atomic E-state index is 6.24. The van der Waals surface area contributed by atoms with Gasteiger partial charge < -0.3 is 19.6 Å². The summed E-state index contributed by atoms with van der Waals surface area (Å²) in [6.45, 7) is 8.04. The zero-order valence-electron chi connectivity index (χ0n) is 53.4. The van der Waals surface area contributed by atoms with Crippen molar-refractivity contribution in [3.05, 3.63) is 282 Å². The quantitative estimate of drug-likeness (QED) is 0.0206. The van der Waals surface area contributed by atoms with Gasteiger partial charge in [0.25, 0.3) is 0 Å². The fourth-order valence-electron chi connectivity index (χ4n) is 11.3. The zero-order chi connectivity index (χ0) is 64.8. The van der Waals surface area contributed by atoms with Crippen molar-refractivity contribution in [3.63, 3.8) is 0 Å². The number of para-hydroxylation sites is 1. The van der Waals surface area contributed by atoms with E-state index in [9.17, 15) is 0 Å². The number of nitrogens with zero attached hydrogens (tertiary/aromatic N) is 4. The Hall–Kier alpha value is -3.88. The molecule has 0 amide bonds. The lowest BCUT2D eigenvalue weighted by atomic mass is 9.69. The number of hydrogen-bond donors (Lipinski definition) is 0. The number of thiocarbonyl (C=S) groups is 4. The highest BCUT2D eigenvalue weighted by atomic mass is 33.1. The molecule has 0 aliphatic rings. The third-order valence-corrected chi connectivity index (χ3v) is 28.5. The predicted octanol–water partition coefficient (Wildman–Crippen LogP) is 24.4. The summed E-state index contributed by atoms with van der Waals surface area (Å²) >= 11 is 24.9. The molecule has 8 rings (SSSR count). The molecule has 0 saturated carbocycles. The Balaban J connectivity index is 0.927. The van der Waals surface area contributed by atoms with E-state index < -0.39 is 0 Å². The SMILES string of the molecule is CC(CCSSC(=S)N(Cc1ccccc1)Cc1ccccc1)CC(CCCCSSC(=S)N(Cc1ccccc1)Cc1ccccc1)(CCCCSSC(=S)N(Cc1ccccc1)Cc1ccccc1)CCCCSSC(=S)N(Cc1ccccc1)c1ccccc1. The Morgan fingerprint density at radius 2 is 0.559 bits per heavy atom. The van der Waals surface area contributed by atoms with E-state index in [2.05, 4.69) is 269 Å². The van der Waals surface area contributed by atoms with E-state index in [0.29, 0.717) is 5.92 Å². The molecule has 0 spiro atoms. The van der Waals surface area contributed by atoms with Gasteiger partial charge in [-0.05, 0) is 157 Å². The normalized spacial score (nSPS) is 11.6. The van der Waals surface area contributed by atoms with Crippen LogP contribution in [0.25, 0.3) is 0 Å². The average Bonchev–Trinajstić information content (AvgIpc) is 2.13. The van der Waals surface area contributed by atoms with Crippen LogP contribution >= 0.6 is 135 Å². The Labute approximate surface area is 610 Å². The van der Waals surface area contributed by atoms with Crippen LogP contribution in [0.5, 0.6) is 0 Å². The van der Waals surface area contributed by atoms with Gasteiger partial charge in [-0.2, -0.15) is 0 Å². The molecule has 488 valence electrons. The molecule has 8 aromatic rings. The monoisotopic (exact) mass is 1450 g/mol. The molecule has 0 fully saturated rings. The Bertz CT molecular complexity index is 3110. The smallest absolute Gasteiger partial charge is 0.151 e. The van der Waals surface area contributed by atoms with Gasteiger partial charge in [0.2, 0.25) is 0 Å². The summed E-state index contributed by atoms with van der Waals surface area (Å²) in [5.41, 5.74) is 10.3. The van der Waals surface area contributed by atoms with Crippen LogP contribution < -0.4 is 4.90 Å². The molecule has 93 heavy (non-hydrogen) atoms. The lowest BCUT2D eigenvalue weighted by molar-refractivity contribution is 0.153. The van der Waals surface area contributed by atoms with E-state index in [1.54, 1.807) is 43.2 Å². The van der Waals surface area contributed by atoms with Crippen molar-refractivity contribution in [2.75, 3.05) is 27.9 Å². The fraction of sp³-hybridized carbons (Fsp3) is 0.325. The van der Waals surface area contributed by atoms with Crippen molar-refractivity contribution in [1.82, 2.24) is 14.7 Å². The summed E-state index contributed by atoms with van der Waals surface area (Å²) in [5, 5.41) is 0. The van der Waals surface area contributed by atoms with Crippen LogP contribution in [0, 0.1) is 11.3 Å². The predicted molar refractivity (Wildman–Crippen MR) is 438 cm³/mol. The van der Waals surface area contributed by atoms with Gasteiger partial charge in [-0.3, -0.25) is 0 Å². The number of benzene rings is 8. The summed E-state index contributed by atoms with van der Waals surface area (Å²) in [6.07, 6.45) is 13.2. The summed E-state index contributed by atoms with van der Waals surface area (Å²) < 4.78 is 3.75. The Morgan fingerprint density at radius 3 is 0.849 bits per heavy atom. The maximum absolute atomic E-state index is 6.24. The van der Waals surface area contributed by atoms with E-state index in [1.807, 2.05) is 43.2 Å². The first-order valence-corrected chi connectivity index (χ1v) is 43.3. The molecular formula is C77H88N4S12. The van der Waals surface area contributed by atoms with Crippen molar-refractivity contribution in [2.45, 2.75) is 123 Å². The first-order valence-electron chi connectivity index (χ1n) is 32.4. The van der Waals surface area contributed by atoms with Crippen LogP contribution in [0.3, 0.4) is 0 Å².